The fraction of sp³-hybridized carbons (Fsp3) is 0.444. The van der Waals surface area contributed by atoms with Gasteiger partial charge in [0, 0.05) is 30.7 Å². The molecule has 1 fully saturated rings. The van der Waals surface area contributed by atoms with Crippen LogP contribution in [-0.4, -0.2) is 24.1 Å². The van der Waals surface area contributed by atoms with E-state index in [-0.39, 0.29) is 5.91 Å². The normalized spacial score (nSPS) is 18.1. The number of allylic oxidation sites excluding steroid dienone is 5. The predicted molar refractivity (Wildman–Crippen MR) is 95.8 cm³/mol. The molecule has 1 aromatic rings. The number of carbonyl (C=O) groups excluding carboxylic acids is 1. The van der Waals surface area contributed by atoms with Gasteiger partial charge in [-0.3, -0.25) is 4.79 Å². The average Bonchev–Trinajstić information content (AvgIpc) is 2.93. The number of ether oxygens (including phenoxy) is 1. The smallest absolute Gasteiger partial charge is 0.232 e. The van der Waals surface area contributed by atoms with E-state index in [9.17, 15) is 13.6 Å². The van der Waals surface area contributed by atoms with Gasteiger partial charge in [0.25, 0.3) is 0 Å². The van der Waals surface area contributed by atoms with E-state index in [2.05, 4.69) is 16.9 Å². The number of anilines is 1. The molecule has 1 saturated heterocycles. The van der Waals surface area contributed by atoms with Crippen molar-refractivity contribution in [3.05, 3.63) is 47.0 Å². The molecule has 4 nitrogen and oxygen atoms in total. The third-order valence-electron chi connectivity index (χ3n) is 4.02. The first-order valence-electron chi connectivity index (χ1n) is 8.01. The van der Waals surface area contributed by atoms with E-state index >= 15 is 0 Å². The third kappa shape index (κ3) is 5.86. The van der Waals surface area contributed by atoms with Crippen LogP contribution in [0.25, 0.3) is 0 Å². The fourth-order valence-corrected chi connectivity index (χ4v) is 3.39. The number of nitrogens with zero attached hydrogens (tertiary/aromatic N) is 1. The largest absolute Gasteiger partial charge is 0.381 e. The van der Waals surface area contributed by atoms with Crippen molar-refractivity contribution >= 4 is 22.4 Å². The SMILES string of the molecule is C=C(F)/C=C(\C=C(/C)F)Cc1cnc(NC(=O)C2(C)CCOCC2)s1. The minimum atomic E-state index is -0.641. The molecule has 0 aliphatic carbocycles. The van der Waals surface area contributed by atoms with Crippen LogP contribution in [0.5, 0.6) is 0 Å². The van der Waals surface area contributed by atoms with Crippen LogP contribution in [0.1, 0.15) is 31.6 Å². The van der Waals surface area contributed by atoms with Gasteiger partial charge in [-0.2, -0.15) is 0 Å². The highest BCUT2D eigenvalue weighted by Crippen LogP contribution is 2.32. The molecule has 0 saturated carbocycles. The van der Waals surface area contributed by atoms with Crippen molar-refractivity contribution < 1.29 is 18.3 Å². The van der Waals surface area contributed by atoms with Gasteiger partial charge >= 0.3 is 0 Å². The second-order valence-corrected chi connectivity index (χ2v) is 7.45. The summed E-state index contributed by atoms with van der Waals surface area (Å²) in [6.07, 6.45) is 5.69. The van der Waals surface area contributed by atoms with Crippen LogP contribution in [0.15, 0.2) is 42.2 Å². The van der Waals surface area contributed by atoms with Crippen molar-refractivity contribution in [1.82, 2.24) is 4.98 Å². The molecule has 136 valence electrons. The lowest BCUT2D eigenvalue weighted by atomic mass is 9.81. The van der Waals surface area contributed by atoms with Crippen molar-refractivity contribution in [1.29, 1.82) is 0 Å². The van der Waals surface area contributed by atoms with Crippen LogP contribution in [0.2, 0.25) is 0 Å². The van der Waals surface area contributed by atoms with Gasteiger partial charge in [-0.15, -0.1) is 11.3 Å². The zero-order valence-corrected chi connectivity index (χ0v) is 15.2. The predicted octanol–water partition coefficient (Wildman–Crippen LogP) is 4.72. The molecule has 0 bridgehead atoms. The third-order valence-corrected chi connectivity index (χ3v) is 4.94. The molecule has 7 heteroatoms. The first-order valence-corrected chi connectivity index (χ1v) is 8.83. The van der Waals surface area contributed by atoms with Crippen molar-refractivity contribution in [2.75, 3.05) is 18.5 Å². The van der Waals surface area contributed by atoms with Crippen LogP contribution in [0.3, 0.4) is 0 Å². The summed E-state index contributed by atoms with van der Waals surface area (Å²) in [6.45, 7) is 7.53. The highest BCUT2D eigenvalue weighted by atomic mass is 32.1. The Balaban J connectivity index is 2.05. The van der Waals surface area contributed by atoms with Gasteiger partial charge in [0.1, 0.15) is 5.83 Å². The monoisotopic (exact) mass is 368 g/mol. The van der Waals surface area contributed by atoms with E-state index in [0.717, 1.165) is 4.88 Å². The highest BCUT2D eigenvalue weighted by Gasteiger charge is 2.35. The molecular weight excluding hydrogens is 346 g/mol. The molecule has 2 rings (SSSR count). The maximum atomic E-state index is 13.1. The van der Waals surface area contributed by atoms with Gasteiger partial charge in [0.05, 0.1) is 11.2 Å². The summed E-state index contributed by atoms with van der Waals surface area (Å²) >= 11 is 1.29. The summed E-state index contributed by atoms with van der Waals surface area (Å²) in [5, 5.41) is 3.32. The number of hydrogen-bond acceptors (Lipinski definition) is 4. The van der Waals surface area contributed by atoms with E-state index in [0.29, 0.717) is 43.2 Å². The van der Waals surface area contributed by atoms with Gasteiger partial charge in [-0.1, -0.05) is 13.5 Å². The number of thiazole rings is 1. The molecule has 1 aliphatic heterocycles. The number of hydrogen-bond donors (Lipinski definition) is 1. The Bertz CT molecular complexity index is 700. The highest BCUT2D eigenvalue weighted by molar-refractivity contribution is 7.15. The molecule has 1 aliphatic rings. The summed E-state index contributed by atoms with van der Waals surface area (Å²) in [5.41, 5.74) is -0.0136. The maximum absolute atomic E-state index is 13.1. The Hall–Kier alpha value is -1.86. The molecular formula is C18H22F2N2O2S. The van der Waals surface area contributed by atoms with Crippen molar-refractivity contribution in [3.8, 4) is 0 Å². The van der Waals surface area contributed by atoms with E-state index < -0.39 is 17.1 Å². The molecule has 0 spiro atoms. The van der Waals surface area contributed by atoms with Crippen molar-refractivity contribution in [2.45, 2.75) is 33.1 Å². The second-order valence-electron chi connectivity index (χ2n) is 6.33. The molecule has 1 aromatic heterocycles. The molecule has 0 unspecified atom stereocenters. The Morgan fingerprint density at radius 3 is 2.72 bits per heavy atom. The molecule has 1 N–H and O–H groups in total. The van der Waals surface area contributed by atoms with E-state index in [1.54, 1.807) is 6.20 Å². The van der Waals surface area contributed by atoms with Crippen LogP contribution in [0.4, 0.5) is 13.9 Å². The summed E-state index contributed by atoms with van der Waals surface area (Å²) in [6, 6.07) is 0. The van der Waals surface area contributed by atoms with Crippen LogP contribution in [0, 0.1) is 5.41 Å². The minimum absolute atomic E-state index is 0.0795. The van der Waals surface area contributed by atoms with Crippen LogP contribution >= 0.6 is 11.3 Å². The Morgan fingerprint density at radius 2 is 2.12 bits per heavy atom. The lowest BCUT2D eigenvalue weighted by Crippen LogP contribution is -2.38. The Morgan fingerprint density at radius 1 is 1.44 bits per heavy atom. The van der Waals surface area contributed by atoms with Gasteiger partial charge in [-0.25, -0.2) is 13.8 Å². The fourth-order valence-electron chi connectivity index (χ4n) is 2.55. The number of nitrogens with one attached hydrogen (secondary N) is 1. The molecule has 0 radical (unpaired) electrons. The molecule has 2 heterocycles. The topological polar surface area (TPSA) is 51.2 Å². The van der Waals surface area contributed by atoms with Gasteiger partial charge in [0.2, 0.25) is 5.91 Å². The number of halogens is 2. The Kier molecular flexibility index (Phi) is 6.61. The van der Waals surface area contributed by atoms with Crippen LogP contribution < -0.4 is 5.32 Å². The quantitative estimate of drug-likeness (QED) is 0.739. The maximum Gasteiger partial charge on any atom is 0.232 e. The lowest BCUT2D eigenvalue weighted by molar-refractivity contribution is -0.129. The number of aromatic nitrogens is 1. The number of carbonyl (C=O) groups is 1. The number of rotatable bonds is 6. The summed E-state index contributed by atoms with van der Waals surface area (Å²) < 4.78 is 31.5. The van der Waals surface area contributed by atoms with E-state index in [4.69, 9.17) is 4.74 Å². The molecule has 0 aromatic carbocycles. The Labute approximate surface area is 150 Å². The summed E-state index contributed by atoms with van der Waals surface area (Å²) in [5.74, 6) is -1.14. The molecule has 25 heavy (non-hydrogen) atoms. The number of amides is 1. The zero-order chi connectivity index (χ0) is 18.4. The first-order chi connectivity index (χ1) is 11.8. The van der Waals surface area contributed by atoms with E-state index in [1.807, 2.05) is 6.92 Å². The minimum Gasteiger partial charge on any atom is -0.381 e. The van der Waals surface area contributed by atoms with E-state index in [1.165, 1.54) is 30.4 Å². The molecule has 1 amide bonds. The van der Waals surface area contributed by atoms with Gasteiger partial charge < -0.3 is 10.1 Å². The lowest BCUT2D eigenvalue weighted by Gasteiger charge is -2.31. The summed E-state index contributed by atoms with van der Waals surface area (Å²) in [7, 11) is 0. The second kappa shape index (κ2) is 8.49. The zero-order valence-electron chi connectivity index (χ0n) is 14.4. The van der Waals surface area contributed by atoms with Crippen molar-refractivity contribution in [3.63, 3.8) is 0 Å². The summed E-state index contributed by atoms with van der Waals surface area (Å²) in [4.78, 5) is 17.5. The van der Waals surface area contributed by atoms with Crippen molar-refractivity contribution in [2.24, 2.45) is 5.41 Å². The van der Waals surface area contributed by atoms with Crippen LogP contribution in [-0.2, 0) is 16.0 Å². The van der Waals surface area contributed by atoms with Gasteiger partial charge in [-0.05, 0) is 37.5 Å². The average molecular weight is 368 g/mol. The standard InChI is InChI=1S/C18H22F2N2O2S/c1-12(19)8-14(9-13(2)20)10-15-11-21-17(25-15)22-16(23)18(3)4-6-24-7-5-18/h8-9,11H,1,4-7,10H2,2-3H3,(H,21,22,23)/b13-9+,14-8+. The van der Waals surface area contributed by atoms with Gasteiger partial charge in [0.15, 0.2) is 5.13 Å². The molecule has 0 atom stereocenters. The first kappa shape index (κ1) is 19.5.